The first kappa shape index (κ1) is 21.5. The Morgan fingerprint density at radius 3 is 2.24 bits per heavy atom. The number of nitrogens with two attached hydrogens (primary N) is 1. The summed E-state index contributed by atoms with van der Waals surface area (Å²) in [7, 11) is 1.63. The Morgan fingerprint density at radius 2 is 1.53 bits per heavy atom. The second kappa shape index (κ2) is 9.25. The zero-order valence-electron chi connectivity index (χ0n) is 18.3. The summed E-state index contributed by atoms with van der Waals surface area (Å²) in [5, 5.41) is 3.67. The maximum Gasteiger partial charge on any atom is 0.267 e. The van der Waals surface area contributed by atoms with E-state index >= 15 is 0 Å². The van der Waals surface area contributed by atoms with Crippen molar-refractivity contribution in [1.29, 1.82) is 0 Å². The van der Waals surface area contributed by atoms with E-state index in [1.165, 1.54) is 11.3 Å². The van der Waals surface area contributed by atoms with Crippen LogP contribution in [0, 0.1) is 0 Å². The van der Waals surface area contributed by atoms with Crippen molar-refractivity contribution < 1.29 is 14.3 Å². The molecule has 168 valence electrons. The summed E-state index contributed by atoms with van der Waals surface area (Å²) in [6.45, 7) is 0. The fraction of sp³-hybridized carbons (Fsp3) is 0.0370. The van der Waals surface area contributed by atoms with Gasteiger partial charge in [0.2, 0.25) is 0 Å². The monoisotopic (exact) mass is 467 g/mol. The largest absolute Gasteiger partial charge is 0.497 e. The van der Waals surface area contributed by atoms with E-state index in [4.69, 9.17) is 20.2 Å². The van der Waals surface area contributed by atoms with Crippen molar-refractivity contribution in [1.82, 2.24) is 4.98 Å². The zero-order valence-corrected chi connectivity index (χ0v) is 19.1. The minimum absolute atomic E-state index is 0.275. The van der Waals surface area contributed by atoms with Crippen LogP contribution in [-0.2, 0) is 0 Å². The standard InChI is InChI=1S/C27H21N3O3S/c1-32-19-11-7-17(8-12-19)23-16-15-22-24(28)25(34-27(22)30-23)26(31)29-18-9-13-21(14-10-18)33-20-5-3-2-4-6-20/h2-16H,28H2,1H3,(H,29,31). The topological polar surface area (TPSA) is 86.5 Å². The van der Waals surface area contributed by atoms with E-state index in [0.29, 0.717) is 26.8 Å². The Labute approximate surface area is 200 Å². The third-order valence-corrected chi connectivity index (χ3v) is 6.39. The van der Waals surface area contributed by atoms with Gasteiger partial charge < -0.3 is 20.5 Å². The molecule has 0 saturated heterocycles. The van der Waals surface area contributed by atoms with E-state index in [9.17, 15) is 4.79 Å². The van der Waals surface area contributed by atoms with E-state index < -0.39 is 0 Å². The lowest BCUT2D eigenvalue weighted by atomic mass is 10.1. The molecule has 1 amide bonds. The number of hydrogen-bond donors (Lipinski definition) is 2. The minimum atomic E-state index is -0.275. The van der Waals surface area contributed by atoms with E-state index in [-0.39, 0.29) is 5.91 Å². The lowest BCUT2D eigenvalue weighted by molar-refractivity contribution is 0.103. The van der Waals surface area contributed by atoms with E-state index in [0.717, 1.165) is 28.1 Å². The van der Waals surface area contributed by atoms with Crippen molar-refractivity contribution in [3.8, 4) is 28.5 Å². The van der Waals surface area contributed by atoms with Crippen molar-refractivity contribution in [2.75, 3.05) is 18.2 Å². The second-order valence-electron chi connectivity index (χ2n) is 7.52. The molecule has 6 nitrogen and oxygen atoms in total. The van der Waals surface area contributed by atoms with E-state index in [2.05, 4.69) is 5.32 Å². The molecule has 7 heteroatoms. The van der Waals surface area contributed by atoms with Crippen LogP contribution in [0.15, 0.2) is 91.0 Å². The number of fused-ring (bicyclic) bond motifs is 1. The first-order valence-electron chi connectivity index (χ1n) is 10.6. The molecule has 2 aromatic heterocycles. The third kappa shape index (κ3) is 4.42. The van der Waals surface area contributed by atoms with Crippen LogP contribution in [0.1, 0.15) is 9.67 Å². The van der Waals surface area contributed by atoms with Crippen LogP contribution in [0.4, 0.5) is 11.4 Å². The van der Waals surface area contributed by atoms with Crippen molar-refractivity contribution in [3.05, 3.63) is 95.9 Å². The Balaban J connectivity index is 1.34. The van der Waals surface area contributed by atoms with Crippen molar-refractivity contribution in [3.63, 3.8) is 0 Å². The van der Waals surface area contributed by atoms with Gasteiger partial charge in [0.05, 0.1) is 18.5 Å². The van der Waals surface area contributed by atoms with Crippen LogP contribution >= 0.6 is 11.3 Å². The highest BCUT2D eigenvalue weighted by Gasteiger charge is 2.18. The quantitative estimate of drug-likeness (QED) is 0.294. The highest BCUT2D eigenvalue weighted by molar-refractivity contribution is 7.21. The average Bonchev–Trinajstić information content (AvgIpc) is 3.22. The van der Waals surface area contributed by atoms with E-state index in [1.54, 1.807) is 31.4 Å². The van der Waals surface area contributed by atoms with Gasteiger partial charge in [-0.1, -0.05) is 18.2 Å². The average molecular weight is 468 g/mol. The molecular formula is C27H21N3O3S. The molecule has 0 aliphatic carbocycles. The van der Waals surface area contributed by atoms with Gasteiger partial charge >= 0.3 is 0 Å². The fourth-order valence-corrected chi connectivity index (χ4v) is 4.50. The van der Waals surface area contributed by atoms with Gasteiger partial charge in [0, 0.05) is 16.6 Å². The number of benzene rings is 3. The van der Waals surface area contributed by atoms with Gasteiger partial charge in [0.1, 0.15) is 27.0 Å². The molecule has 0 bridgehead atoms. The normalized spacial score (nSPS) is 10.7. The molecule has 3 aromatic carbocycles. The Bertz CT molecular complexity index is 1450. The predicted octanol–water partition coefficient (Wildman–Crippen LogP) is 6.60. The van der Waals surface area contributed by atoms with Gasteiger partial charge in [-0.25, -0.2) is 4.98 Å². The van der Waals surface area contributed by atoms with Crippen LogP contribution in [0.3, 0.4) is 0 Å². The maximum atomic E-state index is 13.0. The van der Waals surface area contributed by atoms with Crippen molar-refractivity contribution >= 4 is 38.8 Å². The molecule has 5 aromatic rings. The number of anilines is 2. The summed E-state index contributed by atoms with van der Waals surface area (Å²) >= 11 is 1.28. The van der Waals surface area contributed by atoms with Crippen LogP contribution in [0.5, 0.6) is 17.2 Å². The Kier molecular flexibility index (Phi) is 5.84. The van der Waals surface area contributed by atoms with Crippen LogP contribution < -0.4 is 20.5 Å². The number of aromatic nitrogens is 1. The van der Waals surface area contributed by atoms with Gasteiger partial charge in [0.15, 0.2) is 0 Å². The number of carbonyl (C=O) groups excluding carboxylic acids is 1. The highest BCUT2D eigenvalue weighted by atomic mass is 32.1. The van der Waals surface area contributed by atoms with Crippen LogP contribution in [0.25, 0.3) is 21.5 Å². The summed E-state index contributed by atoms with van der Waals surface area (Å²) in [6, 6.07) is 28.2. The molecule has 2 heterocycles. The number of amides is 1. The van der Waals surface area contributed by atoms with Gasteiger partial charge in [-0.2, -0.15) is 0 Å². The Morgan fingerprint density at radius 1 is 0.853 bits per heavy atom. The fourth-order valence-electron chi connectivity index (χ4n) is 3.51. The number of hydrogen-bond acceptors (Lipinski definition) is 6. The minimum Gasteiger partial charge on any atom is -0.497 e. The summed E-state index contributed by atoms with van der Waals surface area (Å²) in [4.78, 5) is 18.8. The number of ether oxygens (including phenoxy) is 2. The number of carbonyl (C=O) groups is 1. The number of pyridine rings is 1. The molecule has 3 N–H and O–H groups in total. The molecule has 34 heavy (non-hydrogen) atoms. The summed E-state index contributed by atoms with van der Waals surface area (Å²) in [6.07, 6.45) is 0. The molecular weight excluding hydrogens is 446 g/mol. The highest BCUT2D eigenvalue weighted by Crippen LogP contribution is 2.35. The van der Waals surface area contributed by atoms with Crippen molar-refractivity contribution in [2.45, 2.75) is 0 Å². The third-order valence-electron chi connectivity index (χ3n) is 5.28. The van der Waals surface area contributed by atoms with Gasteiger partial charge in [0.25, 0.3) is 5.91 Å². The molecule has 0 fully saturated rings. The first-order chi connectivity index (χ1) is 16.6. The number of rotatable bonds is 6. The second-order valence-corrected chi connectivity index (χ2v) is 8.52. The molecule has 0 saturated carbocycles. The smallest absolute Gasteiger partial charge is 0.267 e. The van der Waals surface area contributed by atoms with Gasteiger partial charge in [-0.15, -0.1) is 11.3 Å². The predicted molar refractivity (Wildman–Crippen MR) is 137 cm³/mol. The lowest BCUT2D eigenvalue weighted by Gasteiger charge is -2.08. The van der Waals surface area contributed by atoms with Crippen molar-refractivity contribution in [2.24, 2.45) is 0 Å². The summed E-state index contributed by atoms with van der Waals surface area (Å²) in [5.41, 5.74) is 9.14. The first-order valence-corrected chi connectivity index (χ1v) is 11.4. The number of nitrogen functional groups attached to an aromatic ring is 1. The Hall–Kier alpha value is -4.36. The number of para-hydroxylation sites is 1. The molecule has 0 aliphatic heterocycles. The molecule has 0 unspecified atom stereocenters. The maximum absolute atomic E-state index is 13.0. The van der Waals surface area contributed by atoms with Crippen LogP contribution in [-0.4, -0.2) is 18.0 Å². The number of nitrogens with one attached hydrogen (secondary N) is 1. The summed E-state index contributed by atoms with van der Waals surface area (Å²) < 4.78 is 11.0. The molecule has 0 atom stereocenters. The zero-order chi connectivity index (χ0) is 23.5. The van der Waals surface area contributed by atoms with E-state index in [1.807, 2.05) is 66.7 Å². The molecule has 5 rings (SSSR count). The summed E-state index contributed by atoms with van der Waals surface area (Å²) in [5.74, 6) is 1.94. The number of methoxy groups -OCH3 is 1. The number of nitrogens with zero attached hydrogens (tertiary/aromatic N) is 1. The number of thiophene rings is 1. The lowest BCUT2D eigenvalue weighted by Crippen LogP contribution is -2.11. The SMILES string of the molecule is COc1ccc(-c2ccc3c(N)c(C(=O)Nc4ccc(Oc5ccccc5)cc4)sc3n2)cc1. The van der Waals surface area contributed by atoms with Gasteiger partial charge in [-0.3, -0.25) is 4.79 Å². The molecule has 0 spiro atoms. The molecule has 0 radical (unpaired) electrons. The van der Waals surface area contributed by atoms with Crippen LogP contribution in [0.2, 0.25) is 0 Å². The van der Waals surface area contributed by atoms with Gasteiger partial charge in [-0.05, 0) is 72.8 Å². The molecule has 0 aliphatic rings.